The van der Waals surface area contributed by atoms with Gasteiger partial charge in [-0.25, -0.2) is 30.7 Å². The number of benzene rings is 1. The van der Waals surface area contributed by atoms with E-state index in [0.717, 1.165) is 16.4 Å². The first kappa shape index (κ1) is 20.7. The van der Waals surface area contributed by atoms with Crippen molar-refractivity contribution < 1.29 is 25.3 Å². The number of nitrogens with zero attached hydrogens (tertiary/aromatic N) is 1. The van der Waals surface area contributed by atoms with E-state index < -0.39 is 41.8 Å². The molecule has 0 unspecified atom stereocenters. The van der Waals surface area contributed by atoms with E-state index in [1.54, 1.807) is 12.1 Å². The van der Waals surface area contributed by atoms with Crippen LogP contribution < -0.4 is 5.43 Å². The Kier molecular flexibility index (Phi) is 5.70. The van der Waals surface area contributed by atoms with Gasteiger partial charge in [0.2, 0.25) is 0 Å². The van der Waals surface area contributed by atoms with Crippen molar-refractivity contribution in [1.82, 2.24) is 9.84 Å². The first-order valence-corrected chi connectivity index (χ1v) is 13.9. The molecule has 0 radical (unpaired) electrons. The van der Waals surface area contributed by atoms with Gasteiger partial charge in [-0.05, 0) is 37.0 Å². The van der Waals surface area contributed by atoms with Gasteiger partial charge in [0.15, 0.2) is 19.7 Å². The Labute approximate surface area is 160 Å². The summed E-state index contributed by atoms with van der Waals surface area (Å²) in [5, 5.41) is 0. The molecule has 0 amide bonds. The topological polar surface area (TPSA) is 118 Å². The molecule has 3 rings (SSSR count). The number of hydrazine groups is 1. The van der Waals surface area contributed by atoms with Crippen LogP contribution in [0, 0.1) is 0 Å². The Bertz CT molecular complexity index is 1000. The summed E-state index contributed by atoms with van der Waals surface area (Å²) in [4.78, 5) is 0.0531. The monoisotopic (exact) mass is 436 g/mol. The summed E-state index contributed by atoms with van der Waals surface area (Å²) in [6.07, 6.45) is 1.24. The van der Waals surface area contributed by atoms with Gasteiger partial charge in [0, 0.05) is 6.04 Å². The van der Waals surface area contributed by atoms with E-state index in [-0.39, 0.29) is 34.3 Å². The number of sulfone groups is 2. The molecule has 2 aliphatic rings. The van der Waals surface area contributed by atoms with Crippen LogP contribution in [-0.4, -0.2) is 64.8 Å². The molecule has 2 atom stereocenters. The Morgan fingerprint density at radius 2 is 1.59 bits per heavy atom. The molecule has 2 saturated heterocycles. The average molecular weight is 437 g/mol. The van der Waals surface area contributed by atoms with Crippen molar-refractivity contribution in [3.05, 3.63) is 29.8 Å². The minimum Gasteiger partial charge on any atom is -0.237 e. The molecule has 2 fully saturated rings. The maximum atomic E-state index is 13.2. The summed E-state index contributed by atoms with van der Waals surface area (Å²) in [7, 11) is -10.5. The molecule has 11 heteroatoms. The number of hydrogen-bond donors (Lipinski definition) is 1. The van der Waals surface area contributed by atoms with Gasteiger partial charge < -0.3 is 0 Å². The number of rotatable bonds is 6. The fourth-order valence-electron chi connectivity index (χ4n) is 3.42. The zero-order valence-corrected chi connectivity index (χ0v) is 17.5. The standard InChI is InChI=1S/C16H24N2O6S3/c1-2-13-3-5-16(6-4-13)27(23,24)18(15-8-10-26(21,22)12-15)17-14-7-9-25(19,20)11-14/h3-6,14-15,17H,2,7-12H2,1H3/t14-,15+/m0/s1. The Morgan fingerprint density at radius 1 is 1.00 bits per heavy atom. The Morgan fingerprint density at radius 3 is 2.07 bits per heavy atom. The predicted octanol–water partition coefficient (Wildman–Crippen LogP) is 0.119. The van der Waals surface area contributed by atoms with Gasteiger partial charge >= 0.3 is 0 Å². The van der Waals surface area contributed by atoms with E-state index in [1.807, 2.05) is 6.92 Å². The second-order valence-electron chi connectivity index (χ2n) is 7.08. The SMILES string of the molecule is CCc1ccc(S(=O)(=O)N(N[C@H]2CCS(=O)(=O)C2)[C@@H]2CCS(=O)(=O)C2)cc1. The van der Waals surface area contributed by atoms with Gasteiger partial charge in [-0.3, -0.25) is 0 Å². The molecule has 1 aromatic carbocycles. The highest BCUT2D eigenvalue weighted by atomic mass is 32.2. The summed E-state index contributed by atoms with van der Waals surface area (Å²) in [6.45, 7) is 1.96. The van der Waals surface area contributed by atoms with Gasteiger partial charge in [-0.1, -0.05) is 19.1 Å². The van der Waals surface area contributed by atoms with Gasteiger partial charge in [0.05, 0.1) is 33.9 Å². The van der Waals surface area contributed by atoms with Crippen LogP contribution in [0.5, 0.6) is 0 Å². The molecular weight excluding hydrogens is 412 g/mol. The van der Waals surface area contributed by atoms with E-state index in [1.165, 1.54) is 12.1 Å². The Hall–Kier alpha value is -1.01. The summed E-state index contributed by atoms with van der Waals surface area (Å²) in [6, 6.07) is 5.12. The third-order valence-corrected chi connectivity index (χ3v) is 10.3. The third-order valence-electron chi connectivity index (χ3n) is 4.97. The molecule has 27 heavy (non-hydrogen) atoms. The number of hydrogen-bond acceptors (Lipinski definition) is 7. The van der Waals surface area contributed by atoms with Crippen LogP contribution >= 0.6 is 0 Å². The lowest BCUT2D eigenvalue weighted by Gasteiger charge is -2.30. The lowest BCUT2D eigenvalue weighted by Crippen LogP contribution is -2.54. The molecule has 0 spiro atoms. The number of sulfonamides is 1. The largest absolute Gasteiger partial charge is 0.256 e. The van der Waals surface area contributed by atoms with Crippen molar-refractivity contribution in [3.63, 3.8) is 0 Å². The molecule has 0 aliphatic carbocycles. The zero-order chi connectivity index (χ0) is 19.9. The average Bonchev–Trinajstić information content (AvgIpc) is 3.13. The molecule has 8 nitrogen and oxygen atoms in total. The van der Waals surface area contributed by atoms with Crippen LogP contribution in [0.2, 0.25) is 0 Å². The van der Waals surface area contributed by atoms with E-state index >= 15 is 0 Å². The number of nitrogens with one attached hydrogen (secondary N) is 1. The first-order chi connectivity index (χ1) is 12.5. The molecule has 0 bridgehead atoms. The maximum Gasteiger partial charge on any atom is 0.256 e. The van der Waals surface area contributed by atoms with E-state index in [9.17, 15) is 25.3 Å². The van der Waals surface area contributed by atoms with Gasteiger partial charge in [0.25, 0.3) is 10.0 Å². The Balaban J connectivity index is 1.92. The second kappa shape index (κ2) is 7.43. The molecule has 152 valence electrons. The molecule has 1 N–H and O–H groups in total. The van der Waals surface area contributed by atoms with Crippen molar-refractivity contribution in [1.29, 1.82) is 0 Å². The molecule has 0 aromatic heterocycles. The van der Waals surface area contributed by atoms with Crippen molar-refractivity contribution in [2.75, 3.05) is 23.0 Å². The molecular formula is C16H24N2O6S3. The van der Waals surface area contributed by atoms with Crippen molar-refractivity contribution in [3.8, 4) is 0 Å². The summed E-state index contributed by atoms with van der Waals surface area (Å²) >= 11 is 0. The van der Waals surface area contributed by atoms with Crippen molar-refractivity contribution in [2.45, 2.75) is 43.2 Å². The quantitative estimate of drug-likeness (QED) is 0.629. The van der Waals surface area contributed by atoms with Crippen LogP contribution in [0.1, 0.15) is 25.3 Å². The maximum absolute atomic E-state index is 13.2. The van der Waals surface area contributed by atoms with Crippen LogP contribution in [0.25, 0.3) is 0 Å². The summed E-state index contributed by atoms with van der Waals surface area (Å²) < 4.78 is 74.6. The normalized spacial score (nSPS) is 27.2. The van der Waals surface area contributed by atoms with Crippen LogP contribution in [0.3, 0.4) is 0 Å². The highest BCUT2D eigenvalue weighted by Gasteiger charge is 2.41. The van der Waals surface area contributed by atoms with Crippen molar-refractivity contribution in [2.24, 2.45) is 0 Å². The fourth-order valence-corrected chi connectivity index (χ4v) is 8.45. The molecule has 2 aliphatic heterocycles. The van der Waals surface area contributed by atoms with Gasteiger partial charge in [-0.15, -0.1) is 4.41 Å². The van der Waals surface area contributed by atoms with Crippen LogP contribution in [0.4, 0.5) is 0 Å². The lowest BCUT2D eigenvalue weighted by molar-refractivity contribution is 0.229. The summed E-state index contributed by atoms with van der Waals surface area (Å²) in [5.74, 6) is -0.519. The van der Waals surface area contributed by atoms with E-state index in [4.69, 9.17) is 0 Å². The smallest absolute Gasteiger partial charge is 0.237 e. The molecule has 0 saturated carbocycles. The third kappa shape index (κ3) is 4.70. The second-order valence-corrected chi connectivity index (χ2v) is 13.4. The lowest BCUT2D eigenvalue weighted by atomic mass is 10.2. The number of aryl methyl sites for hydroxylation is 1. The van der Waals surface area contributed by atoms with Gasteiger partial charge in [0.1, 0.15) is 0 Å². The highest BCUT2D eigenvalue weighted by Crippen LogP contribution is 2.25. The first-order valence-electron chi connectivity index (χ1n) is 8.83. The fraction of sp³-hybridized carbons (Fsp3) is 0.625. The molecule has 2 heterocycles. The van der Waals surface area contributed by atoms with Crippen LogP contribution in [0.15, 0.2) is 29.2 Å². The van der Waals surface area contributed by atoms with Crippen LogP contribution in [-0.2, 0) is 36.1 Å². The minimum absolute atomic E-state index is 0.00723. The zero-order valence-electron chi connectivity index (χ0n) is 15.0. The highest BCUT2D eigenvalue weighted by molar-refractivity contribution is 7.92. The molecule has 1 aromatic rings. The van der Waals surface area contributed by atoms with Crippen molar-refractivity contribution >= 4 is 29.7 Å². The summed E-state index contributed by atoms with van der Waals surface area (Å²) in [5.41, 5.74) is 3.81. The van der Waals surface area contributed by atoms with E-state index in [0.29, 0.717) is 6.42 Å². The predicted molar refractivity (Wildman–Crippen MR) is 102 cm³/mol. The van der Waals surface area contributed by atoms with Gasteiger partial charge in [-0.2, -0.15) is 0 Å². The minimum atomic E-state index is -4.02. The van der Waals surface area contributed by atoms with E-state index in [2.05, 4.69) is 5.43 Å².